The van der Waals surface area contributed by atoms with Gasteiger partial charge >= 0.3 is 23.9 Å². The summed E-state index contributed by atoms with van der Waals surface area (Å²) in [5.74, 6) is -2.52. The second-order valence-corrected chi connectivity index (χ2v) is 8.75. The number of hydrogen-bond acceptors (Lipinski definition) is 11. The number of nitrogens with zero attached hydrogens (tertiary/aromatic N) is 1. The molecule has 1 aliphatic heterocycles. The Morgan fingerprint density at radius 2 is 1.33 bits per heavy atom. The third kappa shape index (κ3) is 7.93. The first kappa shape index (κ1) is 26.5. The van der Waals surface area contributed by atoms with Crippen molar-refractivity contribution >= 4 is 41.3 Å². The van der Waals surface area contributed by atoms with Crippen LogP contribution in [-0.4, -0.2) is 74.4 Å². The fraction of sp³-hybridized carbons (Fsp3) is 0.545. The Balaban J connectivity index is 2.42. The van der Waals surface area contributed by atoms with Gasteiger partial charge in [-0.15, -0.1) is 0 Å². The van der Waals surface area contributed by atoms with E-state index in [1.807, 2.05) is 43.3 Å². The van der Waals surface area contributed by atoms with Crippen LogP contribution in [0.3, 0.4) is 0 Å². The fourth-order valence-corrected chi connectivity index (χ4v) is 4.34. The molecule has 0 spiro atoms. The van der Waals surface area contributed by atoms with Gasteiger partial charge in [-0.25, -0.2) is 0 Å². The second-order valence-electron chi connectivity index (χ2n) is 7.57. The molecular weight excluding hydrogens is 454 g/mol. The summed E-state index contributed by atoms with van der Waals surface area (Å²) < 4.78 is 27.4. The third-order valence-electron chi connectivity index (χ3n) is 4.55. The molecule has 1 heterocycles. The lowest BCUT2D eigenvalue weighted by atomic mass is 9.99. The first-order valence-corrected chi connectivity index (χ1v) is 11.1. The zero-order valence-corrected chi connectivity index (χ0v) is 20.2. The molecule has 33 heavy (non-hydrogen) atoms. The molecule has 1 aliphatic rings. The summed E-state index contributed by atoms with van der Waals surface area (Å²) in [6, 6.07) is 7.56. The molecule has 1 saturated heterocycles. The van der Waals surface area contributed by atoms with Gasteiger partial charge in [0.1, 0.15) is 18.1 Å². The average Bonchev–Trinajstić information content (AvgIpc) is 2.70. The number of carbonyl (C=O) groups is 4. The van der Waals surface area contributed by atoms with E-state index in [0.717, 1.165) is 10.6 Å². The van der Waals surface area contributed by atoms with Gasteiger partial charge in [-0.1, -0.05) is 11.8 Å². The predicted octanol–water partition coefficient (Wildman–Crippen LogP) is 1.93. The van der Waals surface area contributed by atoms with Crippen LogP contribution in [0.1, 0.15) is 27.7 Å². The molecule has 0 unspecified atom stereocenters. The summed E-state index contributed by atoms with van der Waals surface area (Å²) in [6.45, 7) is 4.56. The Bertz CT molecular complexity index is 858. The van der Waals surface area contributed by atoms with Crippen molar-refractivity contribution < 1.29 is 42.9 Å². The van der Waals surface area contributed by atoms with Gasteiger partial charge in [0, 0.05) is 52.4 Å². The molecule has 10 nitrogen and oxygen atoms in total. The van der Waals surface area contributed by atoms with E-state index in [4.69, 9.17) is 23.7 Å². The summed E-state index contributed by atoms with van der Waals surface area (Å²) in [6.07, 6.45) is -4.40. The van der Waals surface area contributed by atoms with Gasteiger partial charge < -0.3 is 28.6 Å². The van der Waals surface area contributed by atoms with E-state index in [1.54, 1.807) is 0 Å². The van der Waals surface area contributed by atoms with Crippen LogP contribution in [0, 0.1) is 0 Å². The van der Waals surface area contributed by atoms with Gasteiger partial charge in [-0.2, -0.15) is 0 Å². The highest BCUT2D eigenvalue weighted by Gasteiger charge is 2.52. The molecule has 0 N–H and O–H groups in total. The van der Waals surface area contributed by atoms with Gasteiger partial charge in [-0.3, -0.25) is 19.2 Å². The average molecular weight is 484 g/mol. The van der Waals surface area contributed by atoms with Gasteiger partial charge in [0.2, 0.25) is 0 Å². The maximum Gasteiger partial charge on any atom is 0.303 e. The summed E-state index contributed by atoms with van der Waals surface area (Å²) in [5, 5.41) is 0. The van der Waals surface area contributed by atoms with Crippen molar-refractivity contribution in [3.8, 4) is 0 Å². The van der Waals surface area contributed by atoms with E-state index in [9.17, 15) is 19.2 Å². The van der Waals surface area contributed by atoms with Crippen molar-refractivity contribution in [2.24, 2.45) is 0 Å². The molecule has 2 rings (SSSR count). The number of carbonyl (C=O) groups excluding carboxylic acids is 4. The topological polar surface area (TPSA) is 118 Å². The SMILES string of the molecule is CC(=O)OC[C@@H]1O[C@@H](Sc2ccc(N(C)C)cc2)[C@@H](OC(C)=O)[C@@H](OC(C)=O)[C@@H]1OC(C)=O. The monoisotopic (exact) mass is 483 g/mol. The van der Waals surface area contributed by atoms with Gasteiger partial charge in [0.05, 0.1) is 0 Å². The number of rotatable bonds is 8. The number of anilines is 1. The highest BCUT2D eigenvalue weighted by Crippen LogP contribution is 2.38. The smallest absolute Gasteiger partial charge is 0.303 e. The highest BCUT2D eigenvalue weighted by molar-refractivity contribution is 7.99. The Labute approximate surface area is 196 Å². The minimum atomic E-state index is -1.18. The Morgan fingerprint density at radius 3 is 1.82 bits per heavy atom. The van der Waals surface area contributed by atoms with Crippen molar-refractivity contribution in [1.29, 1.82) is 0 Å². The van der Waals surface area contributed by atoms with Crippen LogP contribution in [0.5, 0.6) is 0 Å². The minimum Gasteiger partial charge on any atom is -0.463 e. The van der Waals surface area contributed by atoms with Crippen LogP contribution in [-0.2, 0) is 42.9 Å². The summed E-state index contributed by atoms with van der Waals surface area (Å²) in [4.78, 5) is 49.7. The molecule has 0 aromatic heterocycles. The van der Waals surface area contributed by atoms with E-state index in [2.05, 4.69) is 0 Å². The largest absolute Gasteiger partial charge is 0.463 e. The molecule has 5 atom stereocenters. The maximum atomic E-state index is 11.9. The van der Waals surface area contributed by atoms with E-state index in [1.165, 1.54) is 39.5 Å². The van der Waals surface area contributed by atoms with Crippen molar-refractivity contribution in [3.63, 3.8) is 0 Å². The number of esters is 4. The van der Waals surface area contributed by atoms with Crippen molar-refractivity contribution in [1.82, 2.24) is 0 Å². The number of hydrogen-bond donors (Lipinski definition) is 0. The zero-order valence-electron chi connectivity index (χ0n) is 19.4. The first-order chi connectivity index (χ1) is 15.5. The van der Waals surface area contributed by atoms with Gasteiger partial charge in [0.25, 0.3) is 0 Å². The van der Waals surface area contributed by atoms with Gasteiger partial charge in [-0.05, 0) is 24.3 Å². The molecule has 11 heteroatoms. The van der Waals surface area contributed by atoms with E-state index < -0.39 is 53.7 Å². The van der Waals surface area contributed by atoms with Crippen LogP contribution in [0.25, 0.3) is 0 Å². The second kappa shape index (κ2) is 11.9. The van der Waals surface area contributed by atoms with Crippen LogP contribution in [0.2, 0.25) is 0 Å². The van der Waals surface area contributed by atoms with Gasteiger partial charge in [0.15, 0.2) is 18.3 Å². The zero-order chi connectivity index (χ0) is 24.7. The summed E-state index contributed by atoms with van der Waals surface area (Å²) in [5.41, 5.74) is 0.136. The highest BCUT2D eigenvalue weighted by atomic mass is 32.2. The molecule has 0 radical (unpaired) electrons. The lowest BCUT2D eigenvalue weighted by molar-refractivity contribution is -0.237. The molecule has 0 saturated carbocycles. The normalized spacial score (nSPS) is 24.4. The molecule has 1 fully saturated rings. The Kier molecular flexibility index (Phi) is 9.54. The molecule has 1 aromatic rings. The van der Waals surface area contributed by atoms with Crippen molar-refractivity contribution in [2.75, 3.05) is 25.6 Å². The lowest BCUT2D eigenvalue weighted by Gasteiger charge is -2.44. The van der Waals surface area contributed by atoms with Crippen LogP contribution < -0.4 is 4.90 Å². The summed E-state index contributed by atoms with van der Waals surface area (Å²) in [7, 11) is 3.84. The standard InChI is InChI=1S/C22H29NO9S/c1-12(24)28-11-18-19(29-13(2)25)20(30-14(3)26)21(31-15(4)27)22(32-18)33-17-9-7-16(8-10-17)23(5)6/h7-10,18-22H,11H2,1-6H3/t18-,19+,20-,21-,22-/m0/s1. The van der Waals surface area contributed by atoms with Crippen LogP contribution in [0.4, 0.5) is 5.69 Å². The van der Waals surface area contributed by atoms with E-state index in [-0.39, 0.29) is 6.61 Å². The predicted molar refractivity (Wildman–Crippen MR) is 119 cm³/mol. The summed E-state index contributed by atoms with van der Waals surface area (Å²) >= 11 is 1.23. The number of benzene rings is 1. The molecule has 0 bridgehead atoms. The quantitative estimate of drug-likeness (QED) is 0.399. The molecule has 0 amide bonds. The molecule has 1 aromatic carbocycles. The minimum absolute atomic E-state index is 0.255. The van der Waals surface area contributed by atoms with Crippen molar-refractivity contribution in [2.45, 2.75) is 62.4 Å². The maximum absolute atomic E-state index is 11.9. The van der Waals surface area contributed by atoms with Crippen LogP contribution >= 0.6 is 11.8 Å². The Hall–Kier alpha value is -2.79. The fourth-order valence-electron chi connectivity index (χ4n) is 3.24. The lowest BCUT2D eigenvalue weighted by Crippen LogP contribution is -2.61. The molecule has 0 aliphatic carbocycles. The number of thioether (sulfide) groups is 1. The Morgan fingerprint density at radius 1 is 0.818 bits per heavy atom. The van der Waals surface area contributed by atoms with E-state index in [0.29, 0.717) is 0 Å². The third-order valence-corrected chi connectivity index (χ3v) is 5.71. The first-order valence-electron chi connectivity index (χ1n) is 10.2. The van der Waals surface area contributed by atoms with Crippen molar-refractivity contribution in [3.05, 3.63) is 24.3 Å². The molecular formula is C22H29NO9S. The van der Waals surface area contributed by atoms with Crippen LogP contribution in [0.15, 0.2) is 29.2 Å². The molecule has 182 valence electrons. The number of ether oxygens (including phenoxy) is 5. The van der Waals surface area contributed by atoms with E-state index >= 15 is 0 Å².